The van der Waals surface area contributed by atoms with Crippen molar-refractivity contribution in [1.29, 1.82) is 0 Å². The van der Waals surface area contributed by atoms with Crippen molar-refractivity contribution in [2.45, 2.75) is 55.4 Å². The fraction of sp³-hybridized carbons (Fsp3) is 0.471. The van der Waals surface area contributed by atoms with Gasteiger partial charge in [0, 0.05) is 60.1 Å². The third kappa shape index (κ3) is 8.42. The molecule has 0 spiro atoms. The monoisotopic (exact) mass is 592 g/mol. The molecule has 1 atom stereocenters. The van der Waals surface area contributed by atoms with E-state index in [9.17, 15) is 0 Å². The molecule has 0 bridgehead atoms. The lowest BCUT2D eigenvalue weighted by Gasteiger charge is -2.36. The van der Waals surface area contributed by atoms with Gasteiger partial charge in [-0.2, -0.15) is 0 Å². The number of piperazine rings is 1. The van der Waals surface area contributed by atoms with Crippen molar-refractivity contribution in [3.63, 3.8) is 0 Å². The Hall–Kier alpha value is -2.22. The maximum absolute atomic E-state index is 6.39. The molecule has 1 saturated heterocycles. The minimum atomic E-state index is 0.301. The number of aryl methyl sites for hydroxylation is 1. The third-order valence-electron chi connectivity index (χ3n) is 8.37. The van der Waals surface area contributed by atoms with Crippen molar-refractivity contribution in [2.24, 2.45) is 11.7 Å². The molecule has 7 heteroatoms. The summed E-state index contributed by atoms with van der Waals surface area (Å²) >= 11 is 8.22. The first kappa shape index (κ1) is 30.2. The van der Waals surface area contributed by atoms with Gasteiger partial charge in [0.2, 0.25) is 0 Å². The summed E-state index contributed by atoms with van der Waals surface area (Å²) in [5, 5.41) is 0.795. The zero-order chi connectivity index (χ0) is 28.6. The maximum Gasteiger partial charge on any atom is 0.119 e. The Labute approximate surface area is 256 Å². The first-order valence-electron chi connectivity index (χ1n) is 15.2. The number of fused-ring (bicyclic) bond motifs is 2. The molecule has 220 valence electrons. The number of benzene rings is 3. The third-order valence-corrected chi connectivity index (χ3v) is 9.73. The van der Waals surface area contributed by atoms with E-state index in [-0.39, 0.29) is 0 Å². The summed E-state index contributed by atoms with van der Waals surface area (Å²) < 4.78 is 6.07. The summed E-state index contributed by atoms with van der Waals surface area (Å²) in [6, 6.07) is 23.9. The van der Waals surface area contributed by atoms with Crippen LogP contribution in [0.15, 0.2) is 76.5 Å². The lowest BCUT2D eigenvalue weighted by Crippen LogP contribution is -2.47. The molecule has 0 saturated carbocycles. The molecule has 3 aromatic rings. The first-order valence-corrected chi connectivity index (χ1v) is 16.4. The molecule has 0 amide bonds. The molecule has 1 unspecified atom stereocenters. The summed E-state index contributed by atoms with van der Waals surface area (Å²) in [7, 11) is 0. The fourth-order valence-corrected chi connectivity index (χ4v) is 6.89. The molecular formula is C34H45ClN4OS. The first-order chi connectivity index (χ1) is 20.0. The molecule has 1 fully saturated rings. The van der Waals surface area contributed by atoms with Gasteiger partial charge in [0.25, 0.3) is 0 Å². The van der Waals surface area contributed by atoms with E-state index in [1.54, 1.807) is 0 Å². The van der Waals surface area contributed by atoms with Gasteiger partial charge in [-0.25, -0.2) is 0 Å². The van der Waals surface area contributed by atoms with E-state index in [2.05, 4.69) is 89.2 Å². The average molecular weight is 593 g/mol. The van der Waals surface area contributed by atoms with Crippen molar-refractivity contribution >= 4 is 34.7 Å². The highest BCUT2D eigenvalue weighted by molar-refractivity contribution is 7.99. The van der Waals surface area contributed by atoms with E-state index in [0.717, 1.165) is 88.9 Å². The van der Waals surface area contributed by atoms with Crippen molar-refractivity contribution in [1.82, 2.24) is 9.80 Å². The van der Waals surface area contributed by atoms with Crippen LogP contribution >= 0.6 is 23.4 Å². The fourth-order valence-electron chi connectivity index (χ4n) is 5.65. The Morgan fingerprint density at radius 1 is 0.829 bits per heavy atom. The minimum Gasteiger partial charge on any atom is -0.492 e. The number of nitrogens with two attached hydrogens (primary N) is 1. The van der Waals surface area contributed by atoms with Crippen molar-refractivity contribution in [3.05, 3.63) is 77.3 Å². The Morgan fingerprint density at radius 3 is 2.29 bits per heavy atom. The highest BCUT2D eigenvalue weighted by Crippen LogP contribution is 2.48. The standard InChI is InChI=1S/C34H45ClN4OS/c1-26(2)30(36)8-5-7-27-11-14-29(15-12-27)40-24-23-38-21-19-37(20-22-38)17-6-18-39-31-9-3-4-10-33(31)41-34-16-13-28(35)25-32(34)39/h3-4,9-16,25-26,30H,5-8,17-24,36H2,1-2H3. The van der Waals surface area contributed by atoms with Gasteiger partial charge in [-0.15, -0.1) is 0 Å². The van der Waals surface area contributed by atoms with E-state index < -0.39 is 0 Å². The molecule has 2 N–H and O–H groups in total. The molecule has 0 aliphatic carbocycles. The summed E-state index contributed by atoms with van der Waals surface area (Å²) in [5.74, 6) is 1.52. The second-order valence-electron chi connectivity index (χ2n) is 11.7. The van der Waals surface area contributed by atoms with Gasteiger partial charge in [0.15, 0.2) is 0 Å². The average Bonchev–Trinajstić information content (AvgIpc) is 2.98. The van der Waals surface area contributed by atoms with E-state index in [4.69, 9.17) is 22.1 Å². The van der Waals surface area contributed by atoms with Crippen LogP contribution in [0.1, 0.15) is 38.7 Å². The van der Waals surface area contributed by atoms with E-state index in [1.807, 2.05) is 17.8 Å². The number of hydrogen-bond donors (Lipinski definition) is 1. The summed E-state index contributed by atoms with van der Waals surface area (Å²) in [6.07, 6.45) is 4.42. The Bertz CT molecular complexity index is 1250. The van der Waals surface area contributed by atoms with Gasteiger partial charge < -0.3 is 20.3 Å². The molecule has 41 heavy (non-hydrogen) atoms. The number of hydrogen-bond acceptors (Lipinski definition) is 6. The molecule has 0 radical (unpaired) electrons. The minimum absolute atomic E-state index is 0.301. The number of para-hydroxylation sites is 1. The number of ether oxygens (including phenoxy) is 1. The summed E-state index contributed by atoms with van der Waals surface area (Å²) in [4.78, 5) is 10.2. The second-order valence-corrected chi connectivity index (χ2v) is 13.2. The van der Waals surface area contributed by atoms with Gasteiger partial charge >= 0.3 is 0 Å². The highest BCUT2D eigenvalue weighted by atomic mass is 35.5. The quantitative estimate of drug-likeness (QED) is 0.224. The van der Waals surface area contributed by atoms with Crippen LogP contribution in [-0.2, 0) is 6.42 Å². The predicted octanol–water partition coefficient (Wildman–Crippen LogP) is 7.34. The Kier molecular flexibility index (Phi) is 10.9. The molecule has 5 nitrogen and oxygen atoms in total. The SMILES string of the molecule is CC(C)C(N)CCCc1ccc(OCCN2CCN(CCCN3c4ccccc4Sc4ccc(Cl)cc43)CC2)cc1. The molecule has 5 rings (SSSR count). The topological polar surface area (TPSA) is 45.0 Å². The zero-order valence-electron chi connectivity index (χ0n) is 24.6. The van der Waals surface area contributed by atoms with Crippen molar-refractivity contribution in [2.75, 3.05) is 57.3 Å². The van der Waals surface area contributed by atoms with Crippen LogP contribution < -0.4 is 15.4 Å². The number of nitrogens with zero attached hydrogens (tertiary/aromatic N) is 3. The van der Waals surface area contributed by atoms with Crippen LogP contribution in [-0.4, -0.2) is 68.3 Å². The van der Waals surface area contributed by atoms with Gasteiger partial charge in [-0.1, -0.05) is 61.5 Å². The maximum atomic E-state index is 6.39. The number of rotatable bonds is 13. The second kappa shape index (κ2) is 14.8. The number of halogens is 1. The van der Waals surface area contributed by atoms with Crippen molar-refractivity contribution in [3.8, 4) is 5.75 Å². The summed E-state index contributed by atoms with van der Waals surface area (Å²) in [6.45, 7) is 12.6. The van der Waals surface area contributed by atoms with Gasteiger partial charge in [-0.05, 0) is 86.2 Å². The van der Waals surface area contributed by atoms with Crippen LogP contribution in [0.25, 0.3) is 0 Å². The largest absolute Gasteiger partial charge is 0.492 e. The highest BCUT2D eigenvalue weighted by Gasteiger charge is 2.24. The molecule has 2 aliphatic heterocycles. The van der Waals surface area contributed by atoms with Crippen LogP contribution in [0.2, 0.25) is 5.02 Å². The smallest absolute Gasteiger partial charge is 0.119 e. The van der Waals surface area contributed by atoms with Crippen molar-refractivity contribution < 1.29 is 4.74 Å². The van der Waals surface area contributed by atoms with Crippen LogP contribution in [0.5, 0.6) is 5.75 Å². The zero-order valence-corrected chi connectivity index (χ0v) is 26.2. The van der Waals surface area contributed by atoms with E-state index in [1.165, 1.54) is 26.7 Å². The van der Waals surface area contributed by atoms with E-state index >= 15 is 0 Å². The van der Waals surface area contributed by atoms with Crippen LogP contribution in [0, 0.1) is 5.92 Å². The number of anilines is 2. The summed E-state index contributed by atoms with van der Waals surface area (Å²) in [5.41, 5.74) is 10.1. The molecular weight excluding hydrogens is 548 g/mol. The molecule has 0 aromatic heterocycles. The Morgan fingerprint density at radius 2 is 1.54 bits per heavy atom. The van der Waals surface area contributed by atoms with Gasteiger partial charge in [0.1, 0.15) is 12.4 Å². The normalized spacial score (nSPS) is 16.5. The Balaban J connectivity index is 0.999. The van der Waals surface area contributed by atoms with E-state index in [0.29, 0.717) is 12.0 Å². The molecule has 2 heterocycles. The van der Waals surface area contributed by atoms with Gasteiger partial charge in [0.05, 0.1) is 11.4 Å². The van der Waals surface area contributed by atoms with Crippen LogP contribution in [0.4, 0.5) is 11.4 Å². The van der Waals surface area contributed by atoms with Crippen LogP contribution in [0.3, 0.4) is 0 Å². The lowest BCUT2D eigenvalue weighted by atomic mass is 9.98. The predicted molar refractivity (Wildman–Crippen MR) is 174 cm³/mol. The van der Waals surface area contributed by atoms with Gasteiger partial charge in [-0.3, -0.25) is 4.90 Å². The molecule has 2 aliphatic rings. The molecule has 3 aromatic carbocycles. The lowest BCUT2D eigenvalue weighted by molar-refractivity contribution is 0.116.